The summed E-state index contributed by atoms with van der Waals surface area (Å²) >= 11 is 0. The Morgan fingerprint density at radius 3 is 1.75 bits per heavy atom. The van der Waals surface area contributed by atoms with E-state index in [0.717, 1.165) is 5.56 Å². The second-order valence-corrected chi connectivity index (χ2v) is 9.08. The van der Waals surface area contributed by atoms with Gasteiger partial charge in [-0.25, -0.2) is 0 Å². The molecule has 0 N–H and O–H groups in total. The van der Waals surface area contributed by atoms with Gasteiger partial charge in [-0.1, -0.05) is 45.0 Å². The van der Waals surface area contributed by atoms with Gasteiger partial charge in [-0.05, 0) is 35.2 Å². The van der Waals surface area contributed by atoms with Crippen molar-refractivity contribution in [2.75, 3.05) is 0 Å². The lowest BCUT2D eigenvalue weighted by molar-refractivity contribution is -0.0864. The molecule has 0 amide bonds. The lowest BCUT2D eigenvalue weighted by Crippen LogP contribution is -2.10. The first-order valence-electron chi connectivity index (χ1n) is 8.28. The largest absolute Gasteiger partial charge is 0.673 e. The van der Waals surface area contributed by atoms with E-state index in [2.05, 4.69) is 20.8 Å². The topological polar surface area (TPSA) is 0 Å². The minimum absolute atomic E-state index is 0.0166. The van der Waals surface area contributed by atoms with Gasteiger partial charge in [0, 0.05) is 17.0 Å². The number of rotatable bonds is 1. The number of thiophene rings is 1. The summed E-state index contributed by atoms with van der Waals surface area (Å²) in [6.07, 6.45) is 0. The zero-order chi connectivity index (χ0) is 21.3. The van der Waals surface area contributed by atoms with Gasteiger partial charge in [0.25, 0.3) is 0 Å². The first-order chi connectivity index (χ1) is 12.7. The van der Waals surface area contributed by atoms with Crippen LogP contribution < -0.4 is 0 Å². The van der Waals surface area contributed by atoms with Gasteiger partial charge < -0.3 is 17.3 Å². The average Bonchev–Trinajstić information content (AvgIpc) is 2.92. The minimum Gasteiger partial charge on any atom is -0.418 e. The Morgan fingerprint density at radius 2 is 1.29 bits per heavy atom. The van der Waals surface area contributed by atoms with Gasteiger partial charge in [0.15, 0.2) is 9.58 Å². The van der Waals surface area contributed by atoms with Crippen LogP contribution in [0.15, 0.2) is 54.6 Å². The van der Waals surface area contributed by atoms with Gasteiger partial charge in [-0.15, -0.1) is 13.2 Å². The highest BCUT2D eigenvalue weighted by Gasteiger charge is 2.48. The zero-order valence-electron chi connectivity index (χ0n) is 15.3. The molecule has 0 bridgehead atoms. The molecule has 0 aliphatic carbocycles. The molecule has 0 fully saturated rings. The Hall–Kier alpha value is -2.03. The Balaban J connectivity index is 0.000000500. The Bertz CT molecular complexity index is 926. The number of benzene rings is 2. The quantitative estimate of drug-likeness (QED) is 0.210. The molecule has 152 valence electrons. The summed E-state index contributed by atoms with van der Waals surface area (Å²) in [6.45, 7) is 6.27. The van der Waals surface area contributed by atoms with E-state index < -0.39 is 23.2 Å². The molecule has 1 heterocycles. The van der Waals surface area contributed by atoms with Crippen LogP contribution in [0.25, 0.3) is 20.5 Å². The van der Waals surface area contributed by atoms with Crippen molar-refractivity contribution in [1.82, 2.24) is 0 Å². The maximum absolute atomic E-state index is 13.6. The summed E-state index contributed by atoms with van der Waals surface area (Å²) in [4.78, 5) is 0.360. The second kappa shape index (κ2) is 7.77. The number of hydrogen-bond acceptors (Lipinski definition) is 0. The van der Waals surface area contributed by atoms with Crippen LogP contribution in [0.1, 0.15) is 26.3 Å². The standard InChI is InChI=1S/C19H18F3S.BF4/c1-18(2,3)15-10-8-13(9-11-15)17-12-14-6-4-5-7-16(14)23(17)19(20,21)22;2-1(3,4)5/h4-12H,1-3H3;/q+1;-1. The predicted molar refractivity (Wildman–Crippen MR) is 102 cm³/mol. The highest BCUT2D eigenvalue weighted by molar-refractivity contribution is 7.41. The van der Waals surface area contributed by atoms with Gasteiger partial charge in [0.05, 0.1) is 0 Å². The number of halogens is 7. The summed E-state index contributed by atoms with van der Waals surface area (Å²) < 4.78 is 80.2. The molecule has 3 aromatic rings. The van der Waals surface area contributed by atoms with Crippen LogP contribution in [0.2, 0.25) is 0 Å². The zero-order valence-corrected chi connectivity index (χ0v) is 16.1. The minimum atomic E-state index is -6.00. The summed E-state index contributed by atoms with van der Waals surface area (Å²) in [7, 11) is -7.87. The van der Waals surface area contributed by atoms with Crippen LogP contribution in [0.5, 0.6) is 0 Å². The molecule has 1 aromatic heterocycles. The fourth-order valence-corrected chi connectivity index (χ4v) is 4.62. The smallest absolute Gasteiger partial charge is 0.418 e. The van der Waals surface area contributed by atoms with E-state index in [1.165, 1.54) is 0 Å². The summed E-state index contributed by atoms with van der Waals surface area (Å²) in [5.74, 6) is 0. The maximum atomic E-state index is 13.6. The monoisotopic (exact) mass is 422 g/mol. The summed E-state index contributed by atoms with van der Waals surface area (Å²) in [5.41, 5.74) is -2.52. The van der Waals surface area contributed by atoms with Crippen molar-refractivity contribution in [3.05, 3.63) is 60.2 Å². The molecule has 0 nitrogen and oxygen atoms in total. The Labute approximate surface area is 161 Å². The highest BCUT2D eigenvalue weighted by Crippen LogP contribution is 2.54. The molecule has 3 rings (SSSR count). The molecular formula is C19H18BF7S. The molecule has 0 saturated heterocycles. The SMILES string of the molecule is CC(C)(C)c1ccc(-c2cc3ccccc3[s+]2C(F)(F)F)cc1.F[B-](F)(F)F. The molecule has 28 heavy (non-hydrogen) atoms. The normalized spacial score (nSPS) is 13.3. The van der Waals surface area contributed by atoms with E-state index in [1.807, 2.05) is 24.3 Å². The number of alkyl halides is 3. The molecule has 0 radical (unpaired) electrons. The van der Waals surface area contributed by atoms with E-state index in [9.17, 15) is 30.4 Å². The van der Waals surface area contributed by atoms with Gasteiger partial charge in [-0.3, -0.25) is 0 Å². The van der Waals surface area contributed by atoms with Crippen molar-refractivity contribution in [2.24, 2.45) is 0 Å². The van der Waals surface area contributed by atoms with E-state index in [1.54, 1.807) is 30.3 Å². The van der Waals surface area contributed by atoms with E-state index in [4.69, 9.17) is 0 Å². The third-order valence-electron chi connectivity index (χ3n) is 3.91. The van der Waals surface area contributed by atoms with Crippen LogP contribution >= 0.6 is 10.5 Å². The molecule has 0 aliphatic heterocycles. The van der Waals surface area contributed by atoms with Crippen molar-refractivity contribution in [3.8, 4) is 10.4 Å². The first-order valence-corrected chi connectivity index (χ1v) is 9.50. The molecule has 1 atom stereocenters. The van der Waals surface area contributed by atoms with E-state index >= 15 is 0 Å². The number of fused-ring (bicyclic) bond motifs is 1. The molecule has 9 heteroatoms. The second-order valence-electron chi connectivity index (χ2n) is 7.12. The van der Waals surface area contributed by atoms with Gasteiger partial charge in [-0.2, -0.15) is 0 Å². The maximum Gasteiger partial charge on any atom is 0.673 e. The van der Waals surface area contributed by atoms with Crippen LogP contribution in [-0.4, -0.2) is 7.25 Å². The summed E-state index contributed by atoms with van der Waals surface area (Å²) in [5, 5.41) is 0.669. The Kier molecular flexibility index (Phi) is 6.18. The summed E-state index contributed by atoms with van der Waals surface area (Å²) in [6, 6.07) is 15.9. The average molecular weight is 422 g/mol. The third kappa shape index (κ3) is 5.74. The van der Waals surface area contributed by atoms with Crippen molar-refractivity contribution in [3.63, 3.8) is 0 Å². The van der Waals surface area contributed by atoms with E-state index in [-0.39, 0.29) is 5.41 Å². The van der Waals surface area contributed by atoms with Crippen molar-refractivity contribution >= 4 is 27.8 Å². The first kappa shape index (κ1) is 22.3. The van der Waals surface area contributed by atoms with Crippen LogP contribution in [0.4, 0.5) is 30.4 Å². The van der Waals surface area contributed by atoms with E-state index in [0.29, 0.717) is 20.5 Å². The Morgan fingerprint density at radius 1 is 0.786 bits per heavy atom. The predicted octanol–water partition coefficient (Wildman–Crippen LogP) is 8.33. The van der Waals surface area contributed by atoms with Gasteiger partial charge >= 0.3 is 12.8 Å². The molecule has 0 saturated carbocycles. The lowest BCUT2D eigenvalue weighted by atomic mass is 9.86. The van der Waals surface area contributed by atoms with Crippen molar-refractivity contribution < 1.29 is 30.4 Å². The number of hydrogen-bond donors (Lipinski definition) is 0. The molecule has 1 unspecified atom stereocenters. The fraction of sp³-hybridized carbons (Fsp3) is 0.263. The van der Waals surface area contributed by atoms with Gasteiger partial charge in [0.1, 0.15) is 10.5 Å². The van der Waals surface area contributed by atoms with Crippen molar-refractivity contribution in [1.29, 1.82) is 0 Å². The fourth-order valence-electron chi connectivity index (χ4n) is 2.69. The van der Waals surface area contributed by atoms with Gasteiger partial charge in [0.2, 0.25) is 0 Å². The molecule has 2 aromatic carbocycles. The molecule has 0 spiro atoms. The van der Waals surface area contributed by atoms with Crippen LogP contribution in [0.3, 0.4) is 0 Å². The molecule has 0 aliphatic rings. The molecular weight excluding hydrogens is 404 g/mol. The third-order valence-corrected chi connectivity index (χ3v) is 5.98. The lowest BCUT2D eigenvalue weighted by Gasteiger charge is -2.18. The van der Waals surface area contributed by atoms with Crippen molar-refractivity contribution in [2.45, 2.75) is 31.7 Å². The van der Waals surface area contributed by atoms with Crippen LogP contribution in [0, 0.1) is 0 Å². The van der Waals surface area contributed by atoms with Crippen LogP contribution in [-0.2, 0) is 10.9 Å². The highest BCUT2D eigenvalue weighted by atomic mass is 32.2.